The highest BCUT2D eigenvalue weighted by molar-refractivity contribution is 8.05. The van der Waals surface area contributed by atoms with Crippen LogP contribution in [0.4, 0.5) is 0 Å². The Balaban J connectivity index is 1.61. The number of thioether (sulfide) groups is 1. The van der Waals surface area contributed by atoms with Crippen molar-refractivity contribution in [2.75, 3.05) is 14.1 Å². The molecule has 1 aliphatic rings. The van der Waals surface area contributed by atoms with E-state index in [2.05, 4.69) is 10.3 Å². The summed E-state index contributed by atoms with van der Waals surface area (Å²) in [6.07, 6.45) is 2.59. The predicted molar refractivity (Wildman–Crippen MR) is 110 cm³/mol. The molecule has 0 radical (unpaired) electrons. The van der Waals surface area contributed by atoms with Crippen molar-refractivity contribution in [3.05, 3.63) is 51.2 Å². The number of nitrogens with one attached hydrogen (secondary N) is 2. The van der Waals surface area contributed by atoms with Crippen molar-refractivity contribution in [3.8, 4) is 11.3 Å². The maximum Gasteiger partial charge on any atom is 0.257 e. The SMILES string of the molecule is CN(C)C(=N)c1ccc(-c2csc(CNC(=O)C3=CCC(Cl)S3)n2)cc1. The fraction of sp³-hybridized carbons (Fsp3) is 0.278. The van der Waals surface area contributed by atoms with Crippen molar-refractivity contribution < 1.29 is 4.79 Å². The first-order chi connectivity index (χ1) is 12.4. The van der Waals surface area contributed by atoms with Crippen LogP contribution in [0.15, 0.2) is 40.6 Å². The molecule has 3 rings (SSSR count). The molecule has 0 bridgehead atoms. The average Bonchev–Trinajstić information content (AvgIpc) is 3.28. The molecular weight excluding hydrogens is 388 g/mol. The summed E-state index contributed by atoms with van der Waals surface area (Å²) < 4.78 is -0.0424. The van der Waals surface area contributed by atoms with E-state index in [1.807, 2.05) is 49.8 Å². The zero-order chi connectivity index (χ0) is 18.7. The van der Waals surface area contributed by atoms with Crippen molar-refractivity contribution >= 4 is 46.4 Å². The average molecular weight is 407 g/mol. The zero-order valence-electron chi connectivity index (χ0n) is 14.5. The third-order valence-electron chi connectivity index (χ3n) is 3.82. The molecule has 1 aliphatic heterocycles. The molecule has 2 aromatic rings. The Kier molecular flexibility index (Phi) is 6.01. The van der Waals surface area contributed by atoms with E-state index >= 15 is 0 Å². The Morgan fingerprint density at radius 3 is 2.73 bits per heavy atom. The normalized spacial score (nSPS) is 16.3. The van der Waals surface area contributed by atoms with Crippen molar-refractivity contribution in [2.45, 2.75) is 17.7 Å². The van der Waals surface area contributed by atoms with Crippen LogP contribution in [0, 0.1) is 5.41 Å². The van der Waals surface area contributed by atoms with E-state index in [0.29, 0.717) is 17.3 Å². The van der Waals surface area contributed by atoms with Crippen LogP contribution in [0.1, 0.15) is 17.0 Å². The molecule has 0 fully saturated rings. The van der Waals surface area contributed by atoms with E-state index in [1.54, 1.807) is 4.90 Å². The lowest BCUT2D eigenvalue weighted by molar-refractivity contribution is -0.116. The van der Waals surface area contributed by atoms with Crippen LogP contribution < -0.4 is 5.32 Å². The molecule has 1 aromatic heterocycles. The Morgan fingerprint density at radius 1 is 1.38 bits per heavy atom. The smallest absolute Gasteiger partial charge is 0.257 e. The van der Waals surface area contributed by atoms with Gasteiger partial charge in [-0.15, -0.1) is 34.7 Å². The van der Waals surface area contributed by atoms with Crippen LogP contribution in [0.25, 0.3) is 11.3 Å². The second kappa shape index (κ2) is 8.24. The summed E-state index contributed by atoms with van der Waals surface area (Å²) in [7, 11) is 3.70. The Labute approximate surface area is 166 Å². The minimum atomic E-state index is -0.0959. The van der Waals surface area contributed by atoms with Crippen molar-refractivity contribution in [1.82, 2.24) is 15.2 Å². The van der Waals surface area contributed by atoms with Crippen LogP contribution >= 0.6 is 34.7 Å². The summed E-state index contributed by atoms with van der Waals surface area (Å²) in [6, 6.07) is 7.77. The van der Waals surface area contributed by atoms with Gasteiger partial charge in [-0.25, -0.2) is 4.98 Å². The van der Waals surface area contributed by atoms with E-state index in [-0.39, 0.29) is 10.6 Å². The number of hydrogen-bond donors (Lipinski definition) is 2. The number of thiazole rings is 1. The van der Waals surface area contributed by atoms with Gasteiger partial charge < -0.3 is 10.2 Å². The number of allylic oxidation sites excluding steroid dienone is 1. The number of alkyl halides is 1. The van der Waals surface area contributed by atoms with Crippen molar-refractivity contribution in [1.29, 1.82) is 5.41 Å². The van der Waals surface area contributed by atoms with E-state index in [1.165, 1.54) is 23.1 Å². The maximum absolute atomic E-state index is 12.1. The number of carbonyl (C=O) groups is 1. The molecule has 26 heavy (non-hydrogen) atoms. The molecule has 0 saturated heterocycles. The van der Waals surface area contributed by atoms with E-state index in [9.17, 15) is 4.79 Å². The van der Waals surface area contributed by atoms with Crippen molar-refractivity contribution in [3.63, 3.8) is 0 Å². The summed E-state index contributed by atoms with van der Waals surface area (Å²) in [5, 5.41) is 13.7. The van der Waals surface area contributed by atoms with Crippen LogP contribution in [-0.2, 0) is 11.3 Å². The molecule has 5 nitrogen and oxygen atoms in total. The lowest BCUT2D eigenvalue weighted by Gasteiger charge is -2.13. The lowest BCUT2D eigenvalue weighted by Crippen LogP contribution is -2.23. The highest BCUT2D eigenvalue weighted by atomic mass is 35.5. The first-order valence-corrected chi connectivity index (χ1v) is 10.2. The summed E-state index contributed by atoms with van der Waals surface area (Å²) in [5.74, 6) is 0.373. The molecule has 1 unspecified atom stereocenters. The number of amidine groups is 1. The topological polar surface area (TPSA) is 69.1 Å². The van der Waals surface area contributed by atoms with Crippen molar-refractivity contribution in [2.24, 2.45) is 0 Å². The van der Waals surface area contributed by atoms with Gasteiger partial charge >= 0.3 is 0 Å². The van der Waals surface area contributed by atoms with Crippen LogP contribution in [0.3, 0.4) is 0 Å². The molecule has 0 aliphatic carbocycles. The first-order valence-electron chi connectivity index (χ1n) is 8.04. The number of aromatic nitrogens is 1. The highest BCUT2D eigenvalue weighted by Gasteiger charge is 2.20. The van der Waals surface area contributed by atoms with Gasteiger partial charge in [0.1, 0.15) is 10.8 Å². The summed E-state index contributed by atoms with van der Waals surface area (Å²) in [4.78, 5) is 19.1. The Bertz CT molecular complexity index is 845. The van der Waals surface area contributed by atoms with Gasteiger partial charge in [-0.3, -0.25) is 10.2 Å². The molecule has 0 saturated carbocycles. The fourth-order valence-electron chi connectivity index (χ4n) is 2.40. The molecule has 0 spiro atoms. The summed E-state index contributed by atoms with van der Waals surface area (Å²) in [5.41, 5.74) is 2.73. The summed E-state index contributed by atoms with van der Waals surface area (Å²) in [6.45, 7) is 0.401. The number of rotatable bonds is 5. The molecule has 2 heterocycles. The highest BCUT2D eigenvalue weighted by Crippen LogP contribution is 2.34. The fourth-order valence-corrected chi connectivity index (χ4v) is 4.36. The molecule has 1 atom stereocenters. The number of hydrogen-bond acceptors (Lipinski definition) is 5. The third kappa shape index (κ3) is 4.47. The first kappa shape index (κ1) is 18.9. The van der Waals surface area contributed by atoms with Gasteiger partial charge in [0.25, 0.3) is 5.91 Å². The summed E-state index contributed by atoms with van der Waals surface area (Å²) >= 11 is 8.90. The number of nitrogens with zero attached hydrogens (tertiary/aromatic N) is 2. The lowest BCUT2D eigenvalue weighted by atomic mass is 10.1. The van der Waals surface area contributed by atoms with Gasteiger partial charge in [-0.1, -0.05) is 30.3 Å². The molecule has 8 heteroatoms. The van der Waals surface area contributed by atoms with Gasteiger partial charge in [-0.05, 0) is 6.42 Å². The molecular formula is C18H19ClN4OS2. The number of amides is 1. The quantitative estimate of drug-likeness (QED) is 0.449. The van der Waals surface area contributed by atoms with E-state index in [4.69, 9.17) is 17.0 Å². The molecule has 136 valence electrons. The van der Waals surface area contributed by atoms with Gasteiger partial charge in [0, 0.05) is 30.6 Å². The standard InChI is InChI=1S/C18H19ClN4OS2/c1-23(2)17(20)12-5-3-11(4-6-12)13-10-25-16(22-13)9-21-18(24)14-7-8-15(19)26-14/h3-7,10,15,20H,8-9H2,1-2H3,(H,21,24). The van der Waals surface area contributed by atoms with Gasteiger partial charge in [-0.2, -0.15) is 0 Å². The largest absolute Gasteiger partial charge is 0.363 e. The maximum atomic E-state index is 12.1. The zero-order valence-corrected chi connectivity index (χ0v) is 16.8. The Hall–Kier alpha value is -1.83. The second-order valence-electron chi connectivity index (χ2n) is 5.96. The van der Waals surface area contributed by atoms with Gasteiger partial charge in [0.2, 0.25) is 0 Å². The third-order valence-corrected chi connectivity index (χ3v) is 6.17. The van der Waals surface area contributed by atoms with Gasteiger partial charge in [0.05, 0.1) is 21.9 Å². The van der Waals surface area contributed by atoms with E-state index < -0.39 is 0 Å². The molecule has 1 amide bonds. The number of halogens is 1. The number of benzene rings is 1. The van der Waals surface area contributed by atoms with Crippen LogP contribution in [-0.4, -0.2) is 40.4 Å². The monoisotopic (exact) mass is 406 g/mol. The van der Waals surface area contributed by atoms with Gasteiger partial charge in [0.15, 0.2) is 0 Å². The molecule has 1 aromatic carbocycles. The second-order valence-corrected chi connectivity index (χ2v) is 8.93. The van der Waals surface area contributed by atoms with E-state index in [0.717, 1.165) is 28.2 Å². The molecule has 2 N–H and O–H groups in total. The van der Waals surface area contributed by atoms with Crippen LogP contribution in [0.5, 0.6) is 0 Å². The minimum Gasteiger partial charge on any atom is -0.363 e. The predicted octanol–water partition coefficient (Wildman–Crippen LogP) is 3.90. The Morgan fingerprint density at radius 2 is 2.12 bits per heavy atom. The number of carbonyl (C=O) groups excluding carboxylic acids is 1. The van der Waals surface area contributed by atoms with Crippen LogP contribution in [0.2, 0.25) is 0 Å². The minimum absolute atomic E-state index is 0.0424.